The zero-order valence-corrected chi connectivity index (χ0v) is 13.1. The molecule has 0 radical (unpaired) electrons. The molecule has 106 valence electrons. The monoisotopic (exact) mass is 274 g/mol. The summed E-state index contributed by atoms with van der Waals surface area (Å²) in [6.45, 7) is 10.8. The third-order valence-corrected chi connectivity index (χ3v) is 4.17. The molecule has 0 aliphatic heterocycles. The van der Waals surface area contributed by atoms with Gasteiger partial charge in [0.05, 0.1) is 0 Å². The average Bonchev–Trinajstić information content (AvgIpc) is 2.69. The molecule has 0 aromatic heterocycles. The first kappa shape index (κ1) is 13.9. The Bertz CT molecular complexity index is 718. The summed E-state index contributed by atoms with van der Waals surface area (Å²) in [5.41, 5.74) is 7.99. The van der Waals surface area contributed by atoms with Crippen LogP contribution in [-0.2, 0) is 0 Å². The minimum atomic E-state index is 0.0631. The second-order valence-electron chi connectivity index (χ2n) is 6.32. The van der Waals surface area contributed by atoms with Gasteiger partial charge in [0.15, 0.2) is 0 Å². The number of hydrogen-bond acceptors (Lipinski definition) is 0. The maximum absolute atomic E-state index is 4.06. The van der Waals surface area contributed by atoms with Crippen LogP contribution in [0.2, 0.25) is 0 Å². The SMILES string of the molecule is C=CC1=C2C(=CC(C)(C)C=C/C2=C/CC)c2ccccc21. The van der Waals surface area contributed by atoms with Gasteiger partial charge in [0.1, 0.15) is 0 Å². The standard InChI is InChI=1S/C21H22/c1-5-9-15-12-13-21(3,4)14-19-18-11-8-7-10-17(18)16(6-2)20(15)19/h6-14H,2,5H2,1,3-4H3/b15-9-. The maximum atomic E-state index is 4.06. The summed E-state index contributed by atoms with van der Waals surface area (Å²) in [6.07, 6.45) is 12.3. The van der Waals surface area contributed by atoms with E-state index in [2.05, 4.69) is 75.9 Å². The van der Waals surface area contributed by atoms with Crippen molar-refractivity contribution in [2.75, 3.05) is 0 Å². The number of allylic oxidation sites excluding steroid dienone is 9. The van der Waals surface area contributed by atoms with Gasteiger partial charge in [-0.1, -0.05) is 82.0 Å². The Morgan fingerprint density at radius 2 is 1.86 bits per heavy atom. The van der Waals surface area contributed by atoms with Crippen LogP contribution in [0.4, 0.5) is 0 Å². The zero-order valence-electron chi connectivity index (χ0n) is 13.1. The molecule has 0 amide bonds. The fraction of sp³-hybridized carbons (Fsp3) is 0.238. The first-order valence-electron chi connectivity index (χ1n) is 7.67. The van der Waals surface area contributed by atoms with Gasteiger partial charge in [0.25, 0.3) is 0 Å². The van der Waals surface area contributed by atoms with Crippen LogP contribution in [0.3, 0.4) is 0 Å². The van der Waals surface area contributed by atoms with E-state index in [-0.39, 0.29) is 5.41 Å². The van der Waals surface area contributed by atoms with Crippen molar-refractivity contribution in [1.82, 2.24) is 0 Å². The van der Waals surface area contributed by atoms with E-state index in [0.717, 1.165) is 6.42 Å². The van der Waals surface area contributed by atoms with Gasteiger partial charge >= 0.3 is 0 Å². The molecule has 0 bridgehead atoms. The number of hydrogen-bond donors (Lipinski definition) is 0. The first-order valence-corrected chi connectivity index (χ1v) is 7.67. The molecular weight excluding hydrogens is 252 g/mol. The lowest BCUT2D eigenvalue weighted by Crippen LogP contribution is -2.02. The molecule has 2 aliphatic rings. The second kappa shape index (κ2) is 5.04. The third-order valence-electron chi connectivity index (χ3n) is 4.17. The van der Waals surface area contributed by atoms with Crippen molar-refractivity contribution in [3.05, 3.63) is 83.5 Å². The fourth-order valence-electron chi connectivity index (χ4n) is 3.24. The Labute approximate surface area is 127 Å². The Hall–Kier alpha value is -2.08. The summed E-state index contributed by atoms with van der Waals surface area (Å²) in [7, 11) is 0. The summed E-state index contributed by atoms with van der Waals surface area (Å²) < 4.78 is 0. The van der Waals surface area contributed by atoms with Gasteiger partial charge in [-0.05, 0) is 39.8 Å². The minimum absolute atomic E-state index is 0.0631. The normalized spacial score (nSPS) is 20.9. The molecule has 0 heterocycles. The summed E-state index contributed by atoms with van der Waals surface area (Å²) in [6, 6.07) is 8.66. The third kappa shape index (κ3) is 2.25. The van der Waals surface area contributed by atoms with Crippen molar-refractivity contribution in [1.29, 1.82) is 0 Å². The Morgan fingerprint density at radius 3 is 2.52 bits per heavy atom. The summed E-state index contributed by atoms with van der Waals surface area (Å²) in [5.74, 6) is 0. The Kier molecular flexibility index (Phi) is 3.33. The molecule has 0 N–H and O–H groups in total. The summed E-state index contributed by atoms with van der Waals surface area (Å²) in [5, 5.41) is 0. The van der Waals surface area contributed by atoms with E-state index in [1.54, 1.807) is 0 Å². The van der Waals surface area contributed by atoms with Gasteiger partial charge in [-0.15, -0.1) is 0 Å². The minimum Gasteiger partial charge on any atom is -0.0984 e. The van der Waals surface area contributed by atoms with E-state index in [0.29, 0.717) is 0 Å². The molecule has 0 heteroatoms. The van der Waals surface area contributed by atoms with Crippen molar-refractivity contribution in [2.45, 2.75) is 27.2 Å². The van der Waals surface area contributed by atoms with Gasteiger partial charge in [-0.3, -0.25) is 0 Å². The highest BCUT2D eigenvalue weighted by Gasteiger charge is 2.29. The van der Waals surface area contributed by atoms with Crippen LogP contribution in [0.15, 0.2) is 72.4 Å². The predicted molar refractivity (Wildman–Crippen MR) is 92.8 cm³/mol. The van der Waals surface area contributed by atoms with Crippen molar-refractivity contribution in [2.24, 2.45) is 5.41 Å². The van der Waals surface area contributed by atoms with Gasteiger partial charge in [0, 0.05) is 5.41 Å². The van der Waals surface area contributed by atoms with E-state index < -0.39 is 0 Å². The molecule has 0 atom stereocenters. The van der Waals surface area contributed by atoms with Gasteiger partial charge in [-0.2, -0.15) is 0 Å². The molecule has 1 aromatic rings. The summed E-state index contributed by atoms with van der Waals surface area (Å²) >= 11 is 0. The predicted octanol–water partition coefficient (Wildman–Crippen LogP) is 5.96. The molecule has 0 unspecified atom stereocenters. The quantitative estimate of drug-likeness (QED) is 0.624. The molecular formula is C21H22. The Balaban J connectivity index is 2.36. The van der Waals surface area contributed by atoms with E-state index in [1.807, 2.05) is 6.08 Å². The molecule has 0 fully saturated rings. The lowest BCUT2D eigenvalue weighted by atomic mass is 9.89. The van der Waals surface area contributed by atoms with Gasteiger partial charge in [0.2, 0.25) is 0 Å². The van der Waals surface area contributed by atoms with E-state index in [4.69, 9.17) is 0 Å². The second-order valence-corrected chi connectivity index (χ2v) is 6.32. The van der Waals surface area contributed by atoms with Crippen LogP contribution in [0, 0.1) is 5.41 Å². The zero-order chi connectivity index (χ0) is 15.0. The van der Waals surface area contributed by atoms with E-state index in [9.17, 15) is 0 Å². The molecule has 1 aromatic carbocycles. The number of fused-ring (bicyclic) bond motifs is 3. The van der Waals surface area contributed by atoms with Crippen LogP contribution in [0.1, 0.15) is 38.3 Å². The molecule has 0 saturated carbocycles. The highest BCUT2D eigenvalue weighted by Crippen LogP contribution is 2.48. The van der Waals surface area contributed by atoms with Gasteiger partial charge < -0.3 is 0 Å². The van der Waals surface area contributed by atoms with Crippen molar-refractivity contribution in [3.63, 3.8) is 0 Å². The number of rotatable bonds is 2. The van der Waals surface area contributed by atoms with E-state index >= 15 is 0 Å². The first-order chi connectivity index (χ1) is 10.1. The van der Waals surface area contributed by atoms with Crippen molar-refractivity contribution >= 4 is 11.1 Å². The fourth-order valence-corrected chi connectivity index (χ4v) is 3.24. The smallest absolute Gasteiger partial charge is 0.00172 e. The molecule has 3 rings (SSSR count). The van der Waals surface area contributed by atoms with Gasteiger partial charge in [-0.25, -0.2) is 0 Å². The Morgan fingerprint density at radius 1 is 1.14 bits per heavy atom. The molecule has 0 spiro atoms. The van der Waals surface area contributed by atoms with Crippen molar-refractivity contribution in [3.8, 4) is 0 Å². The average molecular weight is 274 g/mol. The molecule has 0 saturated heterocycles. The van der Waals surface area contributed by atoms with Crippen molar-refractivity contribution < 1.29 is 0 Å². The van der Waals surface area contributed by atoms with Crippen LogP contribution < -0.4 is 0 Å². The largest absolute Gasteiger partial charge is 0.0984 e. The van der Waals surface area contributed by atoms with Crippen LogP contribution in [0.25, 0.3) is 11.1 Å². The van der Waals surface area contributed by atoms with Crippen LogP contribution in [0.5, 0.6) is 0 Å². The molecule has 2 aliphatic carbocycles. The van der Waals surface area contributed by atoms with Crippen LogP contribution in [-0.4, -0.2) is 0 Å². The lowest BCUT2D eigenvalue weighted by molar-refractivity contribution is 0.629. The maximum Gasteiger partial charge on any atom is 0.00172 e. The highest BCUT2D eigenvalue weighted by atomic mass is 14.3. The lowest BCUT2D eigenvalue weighted by Gasteiger charge is -2.15. The summed E-state index contributed by atoms with van der Waals surface area (Å²) in [4.78, 5) is 0. The van der Waals surface area contributed by atoms with E-state index in [1.165, 1.54) is 33.4 Å². The number of benzene rings is 1. The topological polar surface area (TPSA) is 0 Å². The highest BCUT2D eigenvalue weighted by molar-refractivity contribution is 6.06. The van der Waals surface area contributed by atoms with Crippen LogP contribution >= 0.6 is 0 Å². The molecule has 0 nitrogen and oxygen atoms in total. The molecule has 21 heavy (non-hydrogen) atoms.